The molecule has 3 rings (SSSR count). The summed E-state index contributed by atoms with van der Waals surface area (Å²) in [7, 11) is 1.80. The summed E-state index contributed by atoms with van der Waals surface area (Å²) in [5.41, 5.74) is 0.0951. The lowest BCUT2D eigenvalue weighted by molar-refractivity contribution is -0.0553. The molecular weight excluding hydrogens is 320 g/mol. The van der Waals surface area contributed by atoms with Crippen molar-refractivity contribution in [1.29, 1.82) is 0 Å². The summed E-state index contributed by atoms with van der Waals surface area (Å²) in [6.45, 7) is 7.92. The van der Waals surface area contributed by atoms with Crippen molar-refractivity contribution in [2.75, 3.05) is 66.2 Å². The fourth-order valence-electron chi connectivity index (χ4n) is 4.42. The van der Waals surface area contributed by atoms with E-state index in [-0.39, 0.29) is 11.5 Å². The second-order valence-electron chi connectivity index (χ2n) is 7.55. The third-order valence-electron chi connectivity index (χ3n) is 6.16. The van der Waals surface area contributed by atoms with Crippen LogP contribution in [0.1, 0.15) is 25.7 Å². The second kappa shape index (κ2) is 9.16. The molecule has 2 heterocycles. The molecule has 2 atom stereocenters. The van der Waals surface area contributed by atoms with E-state index in [1.165, 1.54) is 0 Å². The van der Waals surface area contributed by atoms with Gasteiger partial charge in [-0.05, 0) is 25.7 Å². The normalized spacial score (nSPS) is 30.6. The molecule has 0 aromatic heterocycles. The highest BCUT2D eigenvalue weighted by atomic mass is 16.5. The average Bonchev–Trinajstić information content (AvgIpc) is 2.95. The van der Waals surface area contributed by atoms with Gasteiger partial charge in [0.1, 0.15) is 0 Å². The van der Waals surface area contributed by atoms with Crippen molar-refractivity contribution in [2.45, 2.75) is 31.8 Å². The number of nitrogens with one attached hydrogen (secondary N) is 2. The van der Waals surface area contributed by atoms with Crippen LogP contribution in [-0.4, -0.2) is 88.3 Å². The van der Waals surface area contributed by atoms with E-state index >= 15 is 0 Å². The van der Waals surface area contributed by atoms with Crippen molar-refractivity contribution < 1.29 is 14.6 Å². The Labute approximate surface area is 151 Å². The number of hydrogen-bond acceptors (Lipinski definition) is 5. The predicted molar refractivity (Wildman–Crippen MR) is 97.8 cm³/mol. The van der Waals surface area contributed by atoms with Crippen LogP contribution < -0.4 is 10.6 Å². The highest BCUT2D eigenvalue weighted by Gasteiger charge is 2.47. The first kappa shape index (κ1) is 18.9. The van der Waals surface area contributed by atoms with E-state index in [1.807, 2.05) is 0 Å². The standard InChI is InChI=1S/C18H34N4O3/c1-19-17(20-6-7-22-8-12-25-13-9-22)21-14-15-2-3-18(16(15)23)4-10-24-11-5-18/h15-16,23H,2-14H2,1H3,(H2,19,20,21). The zero-order chi connectivity index (χ0) is 17.5. The van der Waals surface area contributed by atoms with Crippen molar-refractivity contribution in [3.05, 3.63) is 0 Å². The minimum atomic E-state index is -0.227. The Morgan fingerprint density at radius 3 is 2.56 bits per heavy atom. The van der Waals surface area contributed by atoms with Crippen LogP contribution in [0.15, 0.2) is 4.99 Å². The summed E-state index contributed by atoms with van der Waals surface area (Å²) in [4.78, 5) is 6.71. The fourth-order valence-corrected chi connectivity index (χ4v) is 4.42. The SMILES string of the molecule is CN=C(NCCN1CCOCC1)NCC1CCC2(CCOCC2)C1O. The van der Waals surface area contributed by atoms with Crippen molar-refractivity contribution in [3.8, 4) is 0 Å². The predicted octanol–water partition coefficient (Wildman–Crippen LogP) is 0.0513. The number of nitrogens with zero attached hydrogens (tertiary/aromatic N) is 2. The molecular formula is C18H34N4O3. The van der Waals surface area contributed by atoms with Gasteiger partial charge in [0.05, 0.1) is 19.3 Å². The molecule has 3 aliphatic rings. The Balaban J connectivity index is 1.37. The van der Waals surface area contributed by atoms with Crippen LogP contribution in [0.2, 0.25) is 0 Å². The van der Waals surface area contributed by atoms with Crippen LogP contribution in [0, 0.1) is 11.3 Å². The van der Waals surface area contributed by atoms with Gasteiger partial charge in [-0.3, -0.25) is 9.89 Å². The van der Waals surface area contributed by atoms with E-state index in [0.29, 0.717) is 5.92 Å². The summed E-state index contributed by atoms with van der Waals surface area (Å²) in [5.74, 6) is 1.13. The van der Waals surface area contributed by atoms with Crippen LogP contribution in [0.25, 0.3) is 0 Å². The topological polar surface area (TPSA) is 78.4 Å². The highest BCUT2D eigenvalue weighted by Crippen LogP contribution is 2.48. The second-order valence-corrected chi connectivity index (χ2v) is 7.55. The molecule has 0 amide bonds. The summed E-state index contributed by atoms with van der Waals surface area (Å²) in [5, 5.41) is 17.6. The van der Waals surface area contributed by atoms with Crippen molar-refractivity contribution in [1.82, 2.24) is 15.5 Å². The zero-order valence-electron chi connectivity index (χ0n) is 15.5. The minimum Gasteiger partial charge on any atom is -0.392 e. The Morgan fingerprint density at radius 2 is 1.84 bits per heavy atom. The van der Waals surface area contributed by atoms with E-state index in [9.17, 15) is 5.11 Å². The van der Waals surface area contributed by atoms with E-state index < -0.39 is 0 Å². The summed E-state index contributed by atoms with van der Waals surface area (Å²) >= 11 is 0. The number of hydrogen-bond donors (Lipinski definition) is 3. The van der Waals surface area contributed by atoms with Gasteiger partial charge in [0, 0.05) is 64.3 Å². The average molecular weight is 354 g/mol. The quantitative estimate of drug-likeness (QED) is 0.478. The van der Waals surface area contributed by atoms with Gasteiger partial charge in [0.15, 0.2) is 5.96 Å². The minimum absolute atomic E-state index is 0.0951. The van der Waals surface area contributed by atoms with E-state index in [0.717, 1.165) is 90.8 Å². The highest BCUT2D eigenvalue weighted by molar-refractivity contribution is 5.79. The van der Waals surface area contributed by atoms with E-state index in [2.05, 4.69) is 20.5 Å². The molecule has 3 fully saturated rings. The molecule has 0 bridgehead atoms. The van der Waals surface area contributed by atoms with E-state index in [1.54, 1.807) is 7.05 Å². The molecule has 0 radical (unpaired) electrons. The van der Waals surface area contributed by atoms with Crippen LogP contribution in [-0.2, 0) is 9.47 Å². The molecule has 1 spiro atoms. The third kappa shape index (κ3) is 4.84. The van der Waals surface area contributed by atoms with Gasteiger partial charge in [-0.2, -0.15) is 0 Å². The lowest BCUT2D eigenvalue weighted by Crippen LogP contribution is -2.46. The lowest BCUT2D eigenvalue weighted by atomic mass is 9.76. The van der Waals surface area contributed by atoms with E-state index in [4.69, 9.17) is 9.47 Å². The maximum atomic E-state index is 10.8. The fraction of sp³-hybridized carbons (Fsp3) is 0.944. The largest absolute Gasteiger partial charge is 0.392 e. The van der Waals surface area contributed by atoms with Gasteiger partial charge in [-0.1, -0.05) is 0 Å². The monoisotopic (exact) mass is 354 g/mol. The number of guanidine groups is 1. The molecule has 0 aromatic rings. The van der Waals surface area contributed by atoms with Gasteiger partial charge < -0.3 is 25.2 Å². The van der Waals surface area contributed by atoms with Gasteiger partial charge in [0.25, 0.3) is 0 Å². The molecule has 2 unspecified atom stereocenters. The lowest BCUT2D eigenvalue weighted by Gasteiger charge is -2.37. The van der Waals surface area contributed by atoms with Crippen molar-refractivity contribution in [2.24, 2.45) is 16.3 Å². The smallest absolute Gasteiger partial charge is 0.191 e. The number of aliphatic hydroxyl groups is 1. The number of ether oxygens (including phenoxy) is 2. The molecule has 144 valence electrons. The Hall–Kier alpha value is -0.890. The maximum absolute atomic E-state index is 10.8. The van der Waals surface area contributed by atoms with Crippen LogP contribution >= 0.6 is 0 Å². The van der Waals surface area contributed by atoms with Crippen molar-refractivity contribution >= 4 is 5.96 Å². The zero-order valence-corrected chi connectivity index (χ0v) is 15.5. The molecule has 2 saturated heterocycles. The molecule has 0 aromatic carbocycles. The number of aliphatic hydroxyl groups excluding tert-OH is 1. The summed E-state index contributed by atoms with van der Waals surface area (Å²) < 4.78 is 10.9. The van der Waals surface area contributed by atoms with Crippen LogP contribution in [0.3, 0.4) is 0 Å². The van der Waals surface area contributed by atoms with Gasteiger partial charge in [-0.15, -0.1) is 0 Å². The molecule has 1 saturated carbocycles. The summed E-state index contributed by atoms with van der Waals surface area (Å²) in [6, 6.07) is 0. The molecule has 7 heteroatoms. The molecule has 1 aliphatic carbocycles. The van der Waals surface area contributed by atoms with Gasteiger partial charge in [-0.25, -0.2) is 0 Å². The third-order valence-corrected chi connectivity index (χ3v) is 6.16. The molecule has 25 heavy (non-hydrogen) atoms. The summed E-state index contributed by atoms with van der Waals surface area (Å²) in [6.07, 6.45) is 3.97. The Bertz CT molecular complexity index is 434. The molecule has 2 aliphatic heterocycles. The number of aliphatic imine (C=N–C) groups is 1. The maximum Gasteiger partial charge on any atom is 0.191 e. The van der Waals surface area contributed by atoms with Gasteiger partial charge in [0.2, 0.25) is 0 Å². The van der Waals surface area contributed by atoms with Crippen LogP contribution in [0.4, 0.5) is 0 Å². The van der Waals surface area contributed by atoms with Crippen LogP contribution in [0.5, 0.6) is 0 Å². The Kier molecular flexibility index (Phi) is 6.92. The first-order chi connectivity index (χ1) is 12.2. The Morgan fingerprint density at radius 1 is 1.12 bits per heavy atom. The first-order valence-electron chi connectivity index (χ1n) is 9.74. The number of morpholine rings is 1. The molecule has 3 N–H and O–H groups in total. The van der Waals surface area contributed by atoms with Gasteiger partial charge >= 0.3 is 0 Å². The molecule has 7 nitrogen and oxygen atoms in total. The number of rotatable bonds is 5. The van der Waals surface area contributed by atoms with Crippen molar-refractivity contribution in [3.63, 3.8) is 0 Å². The first-order valence-corrected chi connectivity index (χ1v) is 9.74.